The lowest BCUT2D eigenvalue weighted by atomic mass is 10.3. The van der Waals surface area contributed by atoms with Gasteiger partial charge in [0.05, 0.1) is 23.1 Å². The highest BCUT2D eigenvalue weighted by atomic mass is 79.9. The first-order valence-corrected chi connectivity index (χ1v) is 8.60. The van der Waals surface area contributed by atoms with Crippen LogP contribution in [0.15, 0.2) is 22.7 Å². The normalized spacial score (nSPS) is 21.2. The number of hydrogen-bond acceptors (Lipinski definition) is 5. The van der Waals surface area contributed by atoms with Gasteiger partial charge in [-0.15, -0.1) is 11.8 Å². The number of ether oxygens (including phenoxy) is 2. The van der Waals surface area contributed by atoms with Crippen LogP contribution in [0.25, 0.3) is 0 Å². The summed E-state index contributed by atoms with van der Waals surface area (Å²) in [5.74, 6) is 1.37. The summed E-state index contributed by atoms with van der Waals surface area (Å²) in [5.41, 5.74) is 0. The van der Waals surface area contributed by atoms with Crippen LogP contribution in [0, 0.1) is 0 Å². The molecule has 2 atom stereocenters. The van der Waals surface area contributed by atoms with Gasteiger partial charge in [0.15, 0.2) is 0 Å². The monoisotopic (exact) mass is 375 g/mol. The van der Waals surface area contributed by atoms with E-state index in [-0.39, 0.29) is 5.37 Å². The molecule has 1 aromatic carbocycles. The van der Waals surface area contributed by atoms with Crippen LogP contribution in [0.3, 0.4) is 0 Å². The average Bonchev–Trinajstić information content (AvgIpc) is 2.91. The van der Waals surface area contributed by atoms with Crippen molar-refractivity contribution in [2.24, 2.45) is 0 Å². The van der Waals surface area contributed by atoms with E-state index in [9.17, 15) is 4.79 Å². The number of carboxylic acid groups (broad SMARTS) is 1. The number of thioether (sulfide) groups is 1. The zero-order valence-electron chi connectivity index (χ0n) is 11.7. The van der Waals surface area contributed by atoms with Crippen LogP contribution in [0.2, 0.25) is 0 Å². The summed E-state index contributed by atoms with van der Waals surface area (Å²) in [6, 6.07) is 5.16. The third kappa shape index (κ3) is 4.79. The van der Waals surface area contributed by atoms with Gasteiger partial charge in [-0.2, -0.15) is 0 Å². The van der Waals surface area contributed by atoms with Crippen LogP contribution >= 0.6 is 27.7 Å². The lowest BCUT2D eigenvalue weighted by molar-refractivity contribution is -0.138. The molecule has 0 radical (unpaired) electrons. The average molecular weight is 376 g/mol. The molecule has 116 valence electrons. The Labute approximate surface area is 136 Å². The fraction of sp³-hybridized carbons (Fsp3) is 0.500. The van der Waals surface area contributed by atoms with Crippen molar-refractivity contribution in [1.29, 1.82) is 0 Å². The molecule has 1 saturated heterocycles. The van der Waals surface area contributed by atoms with Crippen molar-refractivity contribution in [1.82, 2.24) is 5.32 Å². The summed E-state index contributed by atoms with van der Waals surface area (Å²) in [6.07, 6.45) is 0.758. The molecule has 1 aliphatic heterocycles. The summed E-state index contributed by atoms with van der Waals surface area (Å²) in [4.78, 5) is 10.8. The van der Waals surface area contributed by atoms with Gasteiger partial charge in [0.1, 0.15) is 17.5 Å². The fourth-order valence-corrected chi connectivity index (χ4v) is 3.63. The van der Waals surface area contributed by atoms with Gasteiger partial charge in [-0.3, -0.25) is 10.1 Å². The van der Waals surface area contributed by atoms with Crippen LogP contribution in [-0.2, 0) is 4.79 Å². The molecule has 7 heteroatoms. The number of hydrogen-bond donors (Lipinski definition) is 2. The molecule has 0 aliphatic carbocycles. The summed E-state index contributed by atoms with van der Waals surface area (Å²) in [7, 11) is 0. The lowest BCUT2D eigenvalue weighted by Gasteiger charge is -2.13. The maximum Gasteiger partial charge on any atom is 0.321 e. The molecular formula is C14H18BrNO4S. The third-order valence-corrected chi connectivity index (χ3v) is 4.92. The third-order valence-electron chi connectivity index (χ3n) is 3.00. The van der Waals surface area contributed by atoms with Crippen molar-refractivity contribution in [2.45, 2.75) is 24.8 Å². The highest BCUT2D eigenvalue weighted by Crippen LogP contribution is 2.30. The summed E-state index contributed by atoms with van der Waals surface area (Å²) < 4.78 is 12.0. The first-order chi connectivity index (χ1) is 10.1. The van der Waals surface area contributed by atoms with E-state index in [1.54, 1.807) is 11.8 Å². The predicted octanol–water partition coefficient (Wildman–Crippen LogP) is 2.73. The van der Waals surface area contributed by atoms with Crippen LogP contribution in [-0.4, -0.2) is 41.5 Å². The molecule has 1 aliphatic rings. The SMILES string of the molecule is CCOc1ccc(OCCC2NC(C(=O)O)CS2)c(Br)c1. The Kier molecular flexibility index (Phi) is 6.20. The topological polar surface area (TPSA) is 67.8 Å². The van der Waals surface area contributed by atoms with E-state index in [4.69, 9.17) is 14.6 Å². The van der Waals surface area contributed by atoms with E-state index in [1.165, 1.54) is 0 Å². The number of carbonyl (C=O) groups is 1. The molecule has 2 N–H and O–H groups in total. The summed E-state index contributed by atoms with van der Waals surface area (Å²) in [5, 5.41) is 12.1. The molecule has 0 saturated carbocycles. The number of nitrogens with one attached hydrogen (secondary N) is 1. The molecule has 0 bridgehead atoms. The van der Waals surface area contributed by atoms with Crippen LogP contribution < -0.4 is 14.8 Å². The summed E-state index contributed by atoms with van der Waals surface area (Å²) >= 11 is 5.08. The number of aliphatic carboxylic acids is 1. The van der Waals surface area contributed by atoms with Crippen LogP contribution in [0.1, 0.15) is 13.3 Å². The van der Waals surface area contributed by atoms with Gasteiger partial charge in [0.2, 0.25) is 0 Å². The Balaban J connectivity index is 1.77. The standard InChI is InChI=1S/C14H18BrNO4S/c1-2-19-9-3-4-12(10(15)7-9)20-6-5-13-16-11(8-21-13)14(17)18/h3-4,7,11,13,16H,2,5-6,8H2,1H3,(H,17,18). The minimum atomic E-state index is -0.792. The Morgan fingerprint density at radius 1 is 1.52 bits per heavy atom. The van der Waals surface area contributed by atoms with Crippen molar-refractivity contribution in [2.75, 3.05) is 19.0 Å². The van der Waals surface area contributed by atoms with Crippen molar-refractivity contribution >= 4 is 33.7 Å². The fourth-order valence-electron chi connectivity index (χ4n) is 1.97. The van der Waals surface area contributed by atoms with Crippen molar-refractivity contribution < 1.29 is 19.4 Å². The van der Waals surface area contributed by atoms with Gasteiger partial charge >= 0.3 is 5.97 Å². The molecule has 1 fully saturated rings. The van der Waals surface area contributed by atoms with Crippen molar-refractivity contribution in [3.05, 3.63) is 22.7 Å². The quantitative estimate of drug-likeness (QED) is 0.763. The maximum atomic E-state index is 10.8. The first-order valence-electron chi connectivity index (χ1n) is 6.75. The zero-order valence-corrected chi connectivity index (χ0v) is 14.1. The van der Waals surface area contributed by atoms with Crippen LogP contribution in [0.5, 0.6) is 11.5 Å². The minimum Gasteiger partial charge on any atom is -0.494 e. The van der Waals surface area contributed by atoms with Gasteiger partial charge in [-0.25, -0.2) is 0 Å². The molecule has 5 nitrogen and oxygen atoms in total. The number of halogens is 1. The van der Waals surface area contributed by atoms with E-state index in [1.807, 2.05) is 25.1 Å². The molecule has 0 aromatic heterocycles. The molecule has 2 unspecified atom stereocenters. The lowest BCUT2D eigenvalue weighted by Crippen LogP contribution is -2.37. The van der Waals surface area contributed by atoms with Gasteiger partial charge in [0, 0.05) is 12.2 Å². The van der Waals surface area contributed by atoms with Crippen LogP contribution in [0.4, 0.5) is 0 Å². The van der Waals surface area contributed by atoms with E-state index in [0.717, 1.165) is 22.4 Å². The van der Waals surface area contributed by atoms with Gasteiger partial charge in [0.25, 0.3) is 0 Å². The molecule has 0 spiro atoms. The zero-order chi connectivity index (χ0) is 15.2. The predicted molar refractivity (Wildman–Crippen MR) is 86.2 cm³/mol. The Hall–Kier alpha value is -0.920. The Bertz CT molecular complexity index is 500. The molecule has 1 heterocycles. The second-order valence-corrected chi connectivity index (χ2v) is 6.63. The number of carboxylic acids is 1. The van der Waals surface area contributed by atoms with Gasteiger partial charge in [-0.1, -0.05) is 0 Å². The highest BCUT2D eigenvalue weighted by Gasteiger charge is 2.29. The minimum absolute atomic E-state index is 0.132. The van der Waals surface area contributed by atoms with E-state index < -0.39 is 12.0 Å². The smallest absolute Gasteiger partial charge is 0.321 e. The Morgan fingerprint density at radius 2 is 2.33 bits per heavy atom. The molecule has 1 aromatic rings. The van der Waals surface area contributed by atoms with Crippen molar-refractivity contribution in [3.63, 3.8) is 0 Å². The second-order valence-electron chi connectivity index (χ2n) is 4.54. The van der Waals surface area contributed by atoms with Gasteiger partial charge < -0.3 is 14.6 Å². The molecule has 0 amide bonds. The Morgan fingerprint density at radius 3 is 2.95 bits per heavy atom. The summed E-state index contributed by atoms with van der Waals surface area (Å²) in [6.45, 7) is 3.10. The molecular weight excluding hydrogens is 358 g/mol. The van der Waals surface area contributed by atoms with E-state index >= 15 is 0 Å². The largest absolute Gasteiger partial charge is 0.494 e. The maximum absolute atomic E-state index is 10.8. The second kappa shape index (κ2) is 7.91. The molecule has 2 rings (SSSR count). The first kappa shape index (κ1) is 16.5. The van der Waals surface area contributed by atoms with Gasteiger partial charge in [-0.05, 0) is 41.1 Å². The molecule has 21 heavy (non-hydrogen) atoms. The van der Waals surface area contributed by atoms with Crippen molar-refractivity contribution in [3.8, 4) is 11.5 Å². The van der Waals surface area contributed by atoms with E-state index in [2.05, 4.69) is 21.2 Å². The number of benzene rings is 1. The number of rotatable bonds is 7. The highest BCUT2D eigenvalue weighted by molar-refractivity contribution is 9.10. The van der Waals surface area contributed by atoms with E-state index in [0.29, 0.717) is 19.0 Å².